The van der Waals surface area contributed by atoms with Crippen LogP contribution >= 0.6 is 0 Å². The minimum Gasteiger partial charge on any atom is -0.481 e. The maximum absolute atomic E-state index is 10.6. The van der Waals surface area contributed by atoms with Crippen LogP contribution in [-0.4, -0.2) is 58.8 Å². The van der Waals surface area contributed by atoms with E-state index >= 15 is 0 Å². The Morgan fingerprint density at radius 3 is 2.41 bits per heavy atom. The Labute approximate surface area is 187 Å². The summed E-state index contributed by atoms with van der Waals surface area (Å²) in [5.41, 5.74) is 0. The number of aliphatic hydroxyl groups is 2. The molecule has 0 spiro atoms. The summed E-state index contributed by atoms with van der Waals surface area (Å²) in [6.45, 7) is 0.782. The monoisotopic (exact) mass is 446 g/mol. The number of rotatable bonds is 9. The van der Waals surface area contributed by atoms with Crippen molar-refractivity contribution >= 4 is 5.97 Å². The zero-order valence-electron chi connectivity index (χ0n) is 17.8. The minimum absolute atomic E-state index is 0.137. The molecular weight excluding hydrogens is 416 g/mol. The van der Waals surface area contributed by atoms with E-state index in [1.54, 1.807) is 6.08 Å². The number of fused-ring (bicyclic) bond motifs is 1. The van der Waals surface area contributed by atoms with E-state index in [-0.39, 0.29) is 18.3 Å². The first-order chi connectivity index (χ1) is 15.5. The van der Waals surface area contributed by atoms with Crippen LogP contribution in [0.3, 0.4) is 0 Å². The molecule has 1 aromatic rings. The lowest BCUT2D eigenvalue weighted by molar-refractivity contribution is -0.222. The molecule has 1 saturated carbocycles. The molecule has 2 heterocycles. The standard InChI is InChI=1S/C24H30O8/c25-18-15-19(26)17(16(18)7-3-1-2-4-10-22(27)28)11-12-24(29-13-14-30-24)23-31-20-8-5-6-9-21(20)32-23/h1,3,5-6,8-9,11-12,16-19,23,25-26H,2,4,7,10,13-15H2,(H,27,28)/b3-1-,12-11+/t16-,17-,18-,19-/m1/s1. The third kappa shape index (κ3) is 4.99. The van der Waals surface area contributed by atoms with Crippen molar-refractivity contribution in [3.05, 3.63) is 48.6 Å². The molecule has 8 heteroatoms. The highest BCUT2D eigenvalue weighted by atomic mass is 16.8. The van der Waals surface area contributed by atoms with E-state index in [9.17, 15) is 15.0 Å². The van der Waals surface area contributed by atoms with Gasteiger partial charge in [-0.05, 0) is 43.4 Å². The molecule has 2 aliphatic heterocycles. The number of carbonyl (C=O) groups is 1. The van der Waals surface area contributed by atoms with Gasteiger partial charge in [-0.25, -0.2) is 0 Å². The van der Waals surface area contributed by atoms with Gasteiger partial charge >= 0.3 is 5.97 Å². The van der Waals surface area contributed by atoms with Crippen LogP contribution in [0, 0.1) is 11.8 Å². The van der Waals surface area contributed by atoms with E-state index in [4.69, 9.17) is 24.1 Å². The van der Waals surface area contributed by atoms with Crippen LogP contribution < -0.4 is 9.47 Å². The van der Waals surface area contributed by atoms with Crippen molar-refractivity contribution in [1.29, 1.82) is 0 Å². The van der Waals surface area contributed by atoms with Crippen LogP contribution in [0.5, 0.6) is 11.5 Å². The number of carboxylic acids is 1. The zero-order chi connectivity index (χ0) is 22.6. The summed E-state index contributed by atoms with van der Waals surface area (Å²) in [5.74, 6) is -1.26. The van der Waals surface area contributed by atoms with Gasteiger partial charge in [0.25, 0.3) is 12.1 Å². The number of carboxylic acid groups (broad SMARTS) is 1. The topological polar surface area (TPSA) is 115 Å². The minimum atomic E-state index is -1.23. The Kier molecular flexibility index (Phi) is 7.15. The van der Waals surface area contributed by atoms with E-state index < -0.39 is 30.3 Å². The molecule has 0 radical (unpaired) electrons. The van der Waals surface area contributed by atoms with Gasteiger partial charge in [-0.3, -0.25) is 4.79 Å². The molecule has 1 aliphatic carbocycles. The molecule has 3 aliphatic rings. The van der Waals surface area contributed by atoms with Gasteiger partial charge in [-0.15, -0.1) is 0 Å². The van der Waals surface area contributed by atoms with Crippen LogP contribution in [0.1, 0.15) is 32.1 Å². The van der Waals surface area contributed by atoms with Crippen LogP contribution in [0.15, 0.2) is 48.6 Å². The average Bonchev–Trinajstić information content (AvgIpc) is 3.47. The average molecular weight is 446 g/mol. The van der Waals surface area contributed by atoms with E-state index in [0.717, 1.165) is 0 Å². The number of hydrogen-bond donors (Lipinski definition) is 3. The predicted octanol–water partition coefficient (Wildman–Crippen LogP) is 2.64. The second-order valence-electron chi connectivity index (χ2n) is 8.40. The Morgan fingerprint density at radius 1 is 1.06 bits per heavy atom. The Bertz CT molecular complexity index is 819. The van der Waals surface area contributed by atoms with Gasteiger partial charge in [0.15, 0.2) is 11.5 Å². The van der Waals surface area contributed by atoms with E-state index in [0.29, 0.717) is 50.4 Å². The molecule has 0 bridgehead atoms. The van der Waals surface area contributed by atoms with Gasteiger partial charge in [0.2, 0.25) is 0 Å². The molecule has 174 valence electrons. The SMILES string of the molecule is O=C(O)CCC/C=C\C[C@@H]1[C@@H](/C=C/C2(C3Oc4ccccc4O3)OCCO2)[C@H](O)C[C@H]1O. The smallest absolute Gasteiger partial charge is 0.303 e. The molecule has 1 aromatic carbocycles. The quantitative estimate of drug-likeness (QED) is 0.392. The van der Waals surface area contributed by atoms with Crippen molar-refractivity contribution in [2.45, 2.75) is 56.4 Å². The molecular formula is C24H30O8. The van der Waals surface area contributed by atoms with E-state index in [2.05, 4.69) is 0 Å². The summed E-state index contributed by atoms with van der Waals surface area (Å²) < 4.78 is 23.6. The lowest BCUT2D eigenvalue weighted by atomic mass is 9.89. The second-order valence-corrected chi connectivity index (χ2v) is 8.40. The number of aliphatic carboxylic acids is 1. The van der Waals surface area contributed by atoms with E-state index in [1.807, 2.05) is 42.5 Å². The predicted molar refractivity (Wildman–Crippen MR) is 114 cm³/mol. The van der Waals surface area contributed by atoms with Crippen LogP contribution in [-0.2, 0) is 14.3 Å². The third-order valence-electron chi connectivity index (χ3n) is 6.19. The summed E-state index contributed by atoms with van der Waals surface area (Å²) in [7, 11) is 0. The van der Waals surface area contributed by atoms with Crippen molar-refractivity contribution in [2.75, 3.05) is 13.2 Å². The Balaban J connectivity index is 1.42. The summed E-state index contributed by atoms with van der Waals surface area (Å²) in [6.07, 6.45) is 7.59. The molecule has 0 amide bonds. The van der Waals surface area contributed by atoms with Crippen molar-refractivity contribution in [1.82, 2.24) is 0 Å². The molecule has 8 nitrogen and oxygen atoms in total. The molecule has 4 rings (SSSR count). The molecule has 0 unspecified atom stereocenters. The number of para-hydroxylation sites is 2. The fraction of sp³-hybridized carbons (Fsp3) is 0.542. The summed E-state index contributed by atoms with van der Waals surface area (Å²) >= 11 is 0. The van der Waals surface area contributed by atoms with Crippen molar-refractivity contribution in [3.8, 4) is 11.5 Å². The molecule has 2 fully saturated rings. The molecule has 4 atom stereocenters. The molecule has 1 saturated heterocycles. The Hall–Kier alpha value is -2.39. The first kappa shape index (κ1) is 22.8. The lowest BCUT2D eigenvalue weighted by Crippen LogP contribution is -2.47. The van der Waals surface area contributed by atoms with Gasteiger partial charge < -0.3 is 34.3 Å². The number of ether oxygens (including phenoxy) is 4. The summed E-state index contributed by atoms with van der Waals surface area (Å²) in [4.78, 5) is 10.6. The zero-order valence-corrected chi connectivity index (χ0v) is 17.8. The van der Waals surface area contributed by atoms with Crippen LogP contribution in [0.25, 0.3) is 0 Å². The number of hydrogen-bond acceptors (Lipinski definition) is 7. The maximum atomic E-state index is 10.6. The molecule has 32 heavy (non-hydrogen) atoms. The van der Waals surface area contributed by atoms with Gasteiger partial charge in [0, 0.05) is 18.8 Å². The summed E-state index contributed by atoms with van der Waals surface area (Å²) in [6, 6.07) is 7.36. The normalized spacial score (nSPS) is 29.4. The van der Waals surface area contributed by atoms with E-state index in [1.165, 1.54) is 0 Å². The van der Waals surface area contributed by atoms with Gasteiger partial charge in [-0.1, -0.05) is 30.4 Å². The van der Waals surface area contributed by atoms with Crippen molar-refractivity contribution in [2.24, 2.45) is 11.8 Å². The first-order valence-corrected chi connectivity index (χ1v) is 11.1. The number of unbranched alkanes of at least 4 members (excludes halogenated alkanes) is 1. The van der Waals surface area contributed by atoms with Crippen molar-refractivity contribution in [3.63, 3.8) is 0 Å². The maximum Gasteiger partial charge on any atom is 0.303 e. The van der Waals surface area contributed by atoms with Crippen molar-refractivity contribution < 1.29 is 39.1 Å². The summed E-state index contributed by atoms with van der Waals surface area (Å²) in [5, 5.41) is 29.7. The van der Waals surface area contributed by atoms with Gasteiger partial charge in [0.05, 0.1) is 25.4 Å². The fourth-order valence-electron chi connectivity index (χ4n) is 4.51. The second kappa shape index (κ2) is 10.0. The number of benzene rings is 1. The number of allylic oxidation sites excluding steroid dienone is 2. The lowest BCUT2D eigenvalue weighted by Gasteiger charge is -2.29. The van der Waals surface area contributed by atoms with Crippen LogP contribution in [0.4, 0.5) is 0 Å². The number of aliphatic hydroxyl groups excluding tert-OH is 2. The third-order valence-corrected chi connectivity index (χ3v) is 6.19. The first-order valence-electron chi connectivity index (χ1n) is 11.1. The Morgan fingerprint density at radius 2 is 1.75 bits per heavy atom. The highest BCUT2D eigenvalue weighted by Gasteiger charge is 2.50. The largest absolute Gasteiger partial charge is 0.481 e. The highest BCUT2D eigenvalue weighted by molar-refractivity contribution is 5.66. The van der Waals surface area contributed by atoms with Gasteiger partial charge in [-0.2, -0.15) is 0 Å². The molecule has 3 N–H and O–H groups in total. The van der Waals surface area contributed by atoms with Gasteiger partial charge in [0.1, 0.15) is 0 Å². The van der Waals surface area contributed by atoms with Crippen LogP contribution in [0.2, 0.25) is 0 Å². The fourth-order valence-corrected chi connectivity index (χ4v) is 4.51. The highest BCUT2D eigenvalue weighted by Crippen LogP contribution is 2.42. The molecule has 0 aromatic heterocycles.